The molecule has 1 aliphatic rings. The summed E-state index contributed by atoms with van der Waals surface area (Å²) < 4.78 is 53.8. The minimum atomic E-state index is -1.61. The molecule has 2 heterocycles. The molecule has 5 unspecified atom stereocenters. The van der Waals surface area contributed by atoms with E-state index in [1.165, 1.54) is 22.9 Å². The summed E-state index contributed by atoms with van der Waals surface area (Å²) in [5, 5.41) is 29.2. The van der Waals surface area contributed by atoms with Crippen LogP contribution in [0.25, 0.3) is 11.3 Å². The number of benzene rings is 2. The smallest absolute Gasteiger partial charge is 0.254 e. The van der Waals surface area contributed by atoms with E-state index in [1.54, 1.807) is 32.3 Å². The van der Waals surface area contributed by atoms with Gasteiger partial charge in [-0.2, -0.15) is 0 Å². The number of rotatable bonds is 7. The lowest BCUT2D eigenvalue weighted by Gasteiger charge is -2.43. The second-order valence-electron chi connectivity index (χ2n) is 8.70. The van der Waals surface area contributed by atoms with Crippen molar-refractivity contribution < 1.29 is 37.7 Å². The van der Waals surface area contributed by atoms with Crippen LogP contribution in [0.15, 0.2) is 41.4 Å². The number of aromatic nitrogens is 3. The summed E-state index contributed by atoms with van der Waals surface area (Å²) >= 11 is 7.30. The third-order valence-corrected chi connectivity index (χ3v) is 7.45. The Morgan fingerprint density at radius 3 is 2.53 bits per heavy atom. The molecule has 1 fully saturated rings. The van der Waals surface area contributed by atoms with Crippen LogP contribution in [0.4, 0.5) is 13.2 Å². The molecule has 0 spiro atoms. The SMILES string of the molecule is COC1C(Sc2cc(Cl)ccc2C(=O)N(C)C)OC(CO)C(O)C1n1cc(-c2cc(F)c(F)c(F)c2)nn1. The fourth-order valence-corrected chi connectivity index (χ4v) is 5.67. The Balaban J connectivity index is 1.71. The van der Waals surface area contributed by atoms with Crippen molar-refractivity contribution in [3.05, 3.63) is 64.6 Å². The summed E-state index contributed by atoms with van der Waals surface area (Å²) in [6, 6.07) is 5.33. The number of aliphatic hydroxyl groups excluding tert-OH is 2. The highest BCUT2D eigenvalue weighted by Gasteiger charge is 2.47. The Bertz CT molecular complexity index is 1310. The molecule has 4 rings (SSSR count). The second kappa shape index (κ2) is 11.6. The second-order valence-corrected chi connectivity index (χ2v) is 10.3. The third-order valence-electron chi connectivity index (χ3n) is 6.02. The Hall–Kier alpha value is -2.68. The van der Waals surface area contributed by atoms with Crippen LogP contribution >= 0.6 is 23.4 Å². The molecule has 1 saturated heterocycles. The van der Waals surface area contributed by atoms with Crippen LogP contribution in [-0.4, -0.2) is 87.6 Å². The standard InChI is InChI=1S/C24H24ClF3N4O5S/c1-31(2)23(35)13-5-4-12(25)8-18(13)38-24-22(36-3)20(21(34)17(10-33)37-24)32-9-16(29-30-32)11-6-14(26)19(28)15(27)7-11/h4-9,17,20-22,24,33-34H,10H2,1-3H3. The zero-order valence-electron chi connectivity index (χ0n) is 20.4. The van der Waals surface area contributed by atoms with Crippen LogP contribution in [0.2, 0.25) is 5.02 Å². The van der Waals surface area contributed by atoms with E-state index >= 15 is 0 Å². The number of thioether (sulfide) groups is 1. The van der Waals surface area contributed by atoms with Crippen LogP contribution in [-0.2, 0) is 9.47 Å². The summed E-state index contributed by atoms with van der Waals surface area (Å²) in [7, 11) is 4.60. The van der Waals surface area contributed by atoms with Gasteiger partial charge in [-0.25, -0.2) is 17.9 Å². The first-order valence-electron chi connectivity index (χ1n) is 11.3. The Morgan fingerprint density at radius 1 is 1.24 bits per heavy atom. The zero-order valence-corrected chi connectivity index (χ0v) is 22.0. The van der Waals surface area contributed by atoms with Crippen LogP contribution < -0.4 is 0 Å². The first kappa shape index (κ1) is 28.3. The number of carbonyl (C=O) groups excluding carboxylic acids is 1. The van der Waals surface area contributed by atoms with E-state index in [4.69, 9.17) is 21.1 Å². The summed E-state index contributed by atoms with van der Waals surface area (Å²) in [5.41, 5.74) is -0.575. The van der Waals surface area contributed by atoms with Crippen LogP contribution in [0.3, 0.4) is 0 Å². The Labute approximate surface area is 225 Å². The number of halogens is 4. The molecule has 38 heavy (non-hydrogen) atoms. The molecule has 0 saturated carbocycles. The Morgan fingerprint density at radius 2 is 1.92 bits per heavy atom. The number of carbonyl (C=O) groups is 1. The number of hydrogen-bond acceptors (Lipinski definition) is 8. The highest BCUT2D eigenvalue weighted by Crippen LogP contribution is 2.41. The van der Waals surface area contributed by atoms with Gasteiger partial charge in [0.25, 0.3) is 5.91 Å². The quantitative estimate of drug-likeness (QED) is 0.416. The van der Waals surface area contributed by atoms with Crippen LogP contribution in [0.1, 0.15) is 16.4 Å². The van der Waals surface area contributed by atoms with Crippen LogP contribution in [0.5, 0.6) is 0 Å². The number of hydrogen-bond donors (Lipinski definition) is 2. The van der Waals surface area contributed by atoms with E-state index in [2.05, 4.69) is 10.3 Å². The lowest BCUT2D eigenvalue weighted by molar-refractivity contribution is -0.186. The molecule has 9 nitrogen and oxygen atoms in total. The largest absolute Gasteiger partial charge is 0.394 e. The molecule has 1 aromatic heterocycles. The minimum absolute atomic E-state index is 0.00908. The van der Waals surface area contributed by atoms with Crippen molar-refractivity contribution in [1.82, 2.24) is 19.9 Å². The van der Waals surface area contributed by atoms with Gasteiger partial charge in [-0.15, -0.1) is 5.10 Å². The molecular weight excluding hydrogens is 549 g/mol. The van der Waals surface area contributed by atoms with E-state index in [-0.39, 0.29) is 17.2 Å². The number of nitrogens with zero attached hydrogens (tertiary/aromatic N) is 4. The average molecular weight is 573 g/mol. The molecule has 2 N–H and O–H groups in total. The normalized spacial score (nSPS) is 23.4. The van der Waals surface area contributed by atoms with Gasteiger partial charge in [-0.1, -0.05) is 28.6 Å². The van der Waals surface area contributed by atoms with Crippen LogP contribution in [0, 0.1) is 17.5 Å². The number of amides is 1. The molecule has 204 valence electrons. The van der Waals surface area contributed by atoms with E-state index in [0.717, 1.165) is 23.9 Å². The van der Waals surface area contributed by atoms with E-state index in [1.807, 2.05) is 0 Å². The van der Waals surface area contributed by atoms with E-state index in [0.29, 0.717) is 15.5 Å². The number of ether oxygens (including phenoxy) is 2. The topological polar surface area (TPSA) is 110 Å². The van der Waals surface area contributed by atoms with Gasteiger partial charge in [-0.3, -0.25) is 4.79 Å². The highest BCUT2D eigenvalue weighted by molar-refractivity contribution is 8.00. The van der Waals surface area contributed by atoms with Crippen molar-refractivity contribution in [2.24, 2.45) is 0 Å². The summed E-state index contributed by atoms with van der Waals surface area (Å²) in [4.78, 5) is 14.6. The molecule has 0 aliphatic carbocycles. The molecule has 0 radical (unpaired) electrons. The van der Waals surface area contributed by atoms with E-state index < -0.39 is 53.8 Å². The van der Waals surface area contributed by atoms with Crippen molar-refractivity contribution in [1.29, 1.82) is 0 Å². The fraction of sp³-hybridized carbons (Fsp3) is 0.375. The van der Waals surface area contributed by atoms with Crippen molar-refractivity contribution in [2.45, 2.75) is 34.7 Å². The van der Waals surface area contributed by atoms with E-state index in [9.17, 15) is 28.2 Å². The molecule has 14 heteroatoms. The summed E-state index contributed by atoms with van der Waals surface area (Å²) in [6.07, 6.45) is -2.01. The number of methoxy groups -OCH3 is 1. The summed E-state index contributed by atoms with van der Waals surface area (Å²) in [6.45, 7) is -0.555. The predicted octanol–water partition coefficient (Wildman–Crippen LogP) is 3.14. The minimum Gasteiger partial charge on any atom is -0.394 e. The van der Waals surface area contributed by atoms with Crippen molar-refractivity contribution >= 4 is 29.3 Å². The Kier molecular flexibility index (Phi) is 8.65. The van der Waals surface area contributed by atoms with Gasteiger partial charge in [0.1, 0.15) is 35.5 Å². The van der Waals surface area contributed by atoms with Crippen molar-refractivity contribution in [2.75, 3.05) is 27.8 Å². The molecule has 1 aliphatic heterocycles. The van der Waals surface area contributed by atoms with Gasteiger partial charge in [0.2, 0.25) is 0 Å². The monoisotopic (exact) mass is 572 g/mol. The lowest BCUT2D eigenvalue weighted by atomic mass is 9.97. The number of aliphatic hydroxyl groups is 2. The van der Waals surface area contributed by atoms with Crippen molar-refractivity contribution in [3.63, 3.8) is 0 Å². The molecule has 5 atom stereocenters. The van der Waals surface area contributed by atoms with Gasteiger partial charge in [0.15, 0.2) is 17.5 Å². The predicted molar refractivity (Wildman–Crippen MR) is 132 cm³/mol. The zero-order chi connectivity index (χ0) is 27.7. The maximum absolute atomic E-state index is 13.8. The van der Waals surface area contributed by atoms with Gasteiger partial charge in [-0.05, 0) is 30.3 Å². The molecule has 2 aromatic carbocycles. The van der Waals surface area contributed by atoms with Gasteiger partial charge >= 0.3 is 0 Å². The molecule has 3 aromatic rings. The third kappa shape index (κ3) is 5.53. The lowest BCUT2D eigenvalue weighted by Crippen LogP contribution is -2.55. The average Bonchev–Trinajstić information content (AvgIpc) is 3.37. The first-order chi connectivity index (χ1) is 18.0. The van der Waals surface area contributed by atoms with Gasteiger partial charge in [0, 0.05) is 36.7 Å². The van der Waals surface area contributed by atoms with Gasteiger partial charge in [0.05, 0.1) is 18.4 Å². The maximum Gasteiger partial charge on any atom is 0.254 e. The molecule has 1 amide bonds. The summed E-state index contributed by atoms with van der Waals surface area (Å²) in [5.74, 6) is -4.67. The fourth-order valence-electron chi connectivity index (χ4n) is 4.10. The first-order valence-corrected chi connectivity index (χ1v) is 12.5. The highest BCUT2D eigenvalue weighted by atomic mass is 35.5. The molecular formula is C24H24ClF3N4O5S. The van der Waals surface area contributed by atoms with Gasteiger partial charge < -0.3 is 24.6 Å². The molecule has 0 bridgehead atoms. The maximum atomic E-state index is 13.8. The van der Waals surface area contributed by atoms with Crippen molar-refractivity contribution in [3.8, 4) is 11.3 Å².